The second-order valence-corrected chi connectivity index (χ2v) is 8.62. The topological polar surface area (TPSA) is 72.5 Å². The molecule has 2 aromatic carbocycles. The molecule has 0 bridgehead atoms. The molecule has 0 saturated carbocycles. The fourth-order valence-corrected chi connectivity index (χ4v) is 3.22. The van der Waals surface area contributed by atoms with Crippen molar-refractivity contribution in [3.63, 3.8) is 0 Å². The molecule has 1 N–H and O–H groups in total. The lowest BCUT2D eigenvalue weighted by Gasteiger charge is -2.20. The number of nitrogens with one attached hydrogen (secondary N) is 1. The zero-order valence-corrected chi connectivity index (χ0v) is 16.6. The molecule has 26 heavy (non-hydrogen) atoms. The van der Waals surface area contributed by atoms with E-state index in [0.29, 0.717) is 5.75 Å². The van der Waals surface area contributed by atoms with Crippen molar-refractivity contribution >= 4 is 15.7 Å². The van der Waals surface area contributed by atoms with Gasteiger partial charge < -0.3 is 10.1 Å². The van der Waals surface area contributed by atoms with Crippen molar-refractivity contribution in [1.29, 1.82) is 0 Å². The van der Waals surface area contributed by atoms with Crippen LogP contribution in [-0.4, -0.2) is 26.7 Å². The molecule has 2 atom stereocenters. The number of sulfone groups is 1. The normalized spacial score (nSPS) is 13.7. The van der Waals surface area contributed by atoms with Crippen molar-refractivity contribution in [2.24, 2.45) is 0 Å². The highest BCUT2D eigenvalue weighted by Crippen LogP contribution is 2.21. The number of carbonyl (C=O) groups excluding carboxylic acids is 1. The van der Waals surface area contributed by atoms with Gasteiger partial charge >= 0.3 is 0 Å². The van der Waals surface area contributed by atoms with Gasteiger partial charge in [-0.25, -0.2) is 8.42 Å². The van der Waals surface area contributed by atoms with Gasteiger partial charge in [0.05, 0.1) is 10.9 Å². The summed E-state index contributed by atoms with van der Waals surface area (Å²) >= 11 is 0. The third kappa shape index (κ3) is 5.08. The maximum atomic E-state index is 12.4. The Morgan fingerprint density at radius 2 is 1.65 bits per heavy atom. The van der Waals surface area contributed by atoms with Crippen molar-refractivity contribution in [3.8, 4) is 5.75 Å². The SMILES string of the molecule is Cc1ccc(O[C@H](C)C(=O)N[C@H](C)c2ccc(S(C)(=O)=O)cc2)c(C)c1. The van der Waals surface area contributed by atoms with Crippen LogP contribution in [0.4, 0.5) is 0 Å². The van der Waals surface area contributed by atoms with Gasteiger partial charge in [-0.15, -0.1) is 0 Å². The largest absolute Gasteiger partial charge is 0.481 e. The van der Waals surface area contributed by atoms with E-state index in [-0.39, 0.29) is 16.8 Å². The summed E-state index contributed by atoms with van der Waals surface area (Å²) in [5, 5.41) is 2.89. The first kappa shape index (κ1) is 20.0. The molecule has 2 rings (SSSR count). The predicted molar refractivity (Wildman–Crippen MR) is 102 cm³/mol. The molecule has 0 heterocycles. The van der Waals surface area contributed by atoms with Crippen LogP contribution in [0, 0.1) is 13.8 Å². The number of hydrogen-bond acceptors (Lipinski definition) is 4. The van der Waals surface area contributed by atoms with E-state index in [9.17, 15) is 13.2 Å². The molecule has 140 valence electrons. The fourth-order valence-electron chi connectivity index (χ4n) is 2.59. The average molecular weight is 375 g/mol. The van der Waals surface area contributed by atoms with Crippen molar-refractivity contribution in [2.75, 3.05) is 6.26 Å². The Kier molecular flexibility index (Phi) is 6.08. The first-order valence-corrected chi connectivity index (χ1v) is 10.3. The quantitative estimate of drug-likeness (QED) is 0.840. The van der Waals surface area contributed by atoms with Gasteiger partial charge in [0.1, 0.15) is 5.75 Å². The molecule has 0 aliphatic rings. The summed E-state index contributed by atoms with van der Waals surface area (Å²) in [5.41, 5.74) is 2.94. The summed E-state index contributed by atoms with van der Waals surface area (Å²) in [6.07, 6.45) is 0.522. The average Bonchev–Trinajstić information content (AvgIpc) is 2.56. The molecule has 0 aromatic heterocycles. The molecule has 0 aliphatic carbocycles. The number of ether oxygens (including phenoxy) is 1. The highest BCUT2D eigenvalue weighted by molar-refractivity contribution is 7.90. The molecule has 0 spiro atoms. The Hall–Kier alpha value is -2.34. The smallest absolute Gasteiger partial charge is 0.261 e. The lowest BCUT2D eigenvalue weighted by Crippen LogP contribution is -2.37. The number of aryl methyl sites for hydroxylation is 2. The predicted octanol–water partition coefficient (Wildman–Crippen LogP) is 3.35. The Balaban J connectivity index is 2.01. The summed E-state index contributed by atoms with van der Waals surface area (Å²) in [5.74, 6) is 0.452. The first-order chi connectivity index (χ1) is 12.1. The third-order valence-electron chi connectivity index (χ3n) is 4.17. The summed E-state index contributed by atoms with van der Waals surface area (Å²) < 4.78 is 28.8. The minimum Gasteiger partial charge on any atom is -0.481 e. The lowest BCUT2D eigenvalue weighted by molar-refractivity contribution is -0.127. The Labute approximate surface area is 155 Å². The molecule has 0 saturated heterocycles. The van der Waals surface area contributed by atoms with Crippen LogP contribution < -0.4 is 10.1 Å². The fraction of sp³-hybridized carbons (Fsp3) is 0.350. The van der Waals surface area contributed by atoms with E-state index in [1.54, 1.807) is 31.2 Å². The maximum absolute atomic E-state index is 12.4. The van der Waals surface area contributed by atoms with Crippen molar-refractivity contribution in [2.45, 2.75) is 44.7 Å². The minimum absolute atomic E-state index is 0.232. The van der Waals surface area contributed by atoms with Crippen molar-refractivity contribution in [1.82, 2.24) is 5.32 Å². The summed E-state index contributed by atoms with van der Waals surface area (Å²) in [7, 11) is -3.23. The van der Waals surface area contributed by atoms with E-state index in [0.717, 1.165) is 16.7 Å². The summed E-state index contributed by atoms with van der Waals surface area (Å²) in [4.78, 5) is 12.7. The Morgan fingerprint density at radius 1 is 1.04 bits per heavy atom. The van der Waals surface area contributed by atoms with Crippen LogP contribution >= 0.6 is 0 Å². The van der Waals surface area contributed by atoms with Crippen LogP contribution in [0.15, 0.2) is 47.4 Å². The molecule has 0 unspecified atom stereocenters. The number of rotatable bonds is 6. The van der Waals surface area contributed by atoms with Crippen LogP contribution in [0.25, 0.3) is 0 Å². The number of hydrogen-bond donors (Lipinski definition) is 1. The van der Waals surface area contributed by atoms with Crippen molar-refractivity contribution < 1.29 is 17.9 Å². The summed E-state index contributed by atoms with van der Waals surface area (Å²) in [6.45, 7) is 7.49. The molecule has 6 heteroatoms. The van der Waals surface area contributed by atoms with E-state index >= 15 is 0 Å². The maximum Gasteiger partial charge on any atom is 0.261 e. The monoisotopic (exact) mass is 375 g/mol. The minimum atomic E-state index is -3.23. The second kappa shape index (κ2) is 7.91. The van der Waals surface area contributed by atoms with Gasteiger partial charge in [0, 0.05) is 6.26 Å². The Bertz CT molecular complexity index is 889. The highest BCUT2D eigenvalue weighted by atomic mass is 32.2. The van der Waals surface area contributed by atoms with E-state index in [1.807, 2.05) is 39.0 Å². The highest BCUT2D eigenvalue weighted by Gasteiger charge is 2.19. The molecular formula is C20H25NO4S. The molecule has 0 fully saturated rings. The van der Waals surface area contributed by atoms with Crippen LogP contribution in [-0.2, 0) is 14.6 Å². The second-order valence-electron chi connectivity index (χ2n) is 6.60. The zero-order chi connectivity index (χ0) is 19.5. The standard InChI is InChI=1S/C20H25NO4S/c1-13-6-11-19(14(2)12-13)25-16(4)20(22)21-15(3)17-7-9-18(10-8-17)26(5,23)24/h6-12,15-16H,1-5H3,(H,21,22)/t15-,16-/m1/s1. The van der Waals surface area contributed by atoms with E-state index in [4.69, 9.17) is 4.74 Å². The van der Waals surface area contributed by atoms with Gasteiger partial charge in [-0.1, -0.05) is 29.8 Å². The number of amides is 1. The van der Waals surface area contributed by atoms with Gasteiger partial charge in [0.2, 0.25) is 0 Å². The molecule has 1 amide bonds. The van der Waals surface area contributed by atoms with Crippen molar-refractivity contribution in [3.05, 3.63) is 59.2 Å². The van der Waals surface area contributed by atoms with Gasteiger partial charge in [-0.2, -0.15) is 0 Å². The molecular weight excluding hydrogens is 350 g/mol. The van der Waals surface area contributed by atoms with Gasteiger partial charge in [-0.05, 0) is 57.0 Å². The summed E-state index contributed by atoms with van der Waals surface area (Å²) in [6, 6.07) is 12.0. The van der Waals surface area contributed by atoms with Crippen LogP contribution in [0.1, 0.15) is 36.6 Å². The number of carbonyl (C=O) groups is 1. The van der Waals surface area contributed by atoms with E-state index < -0.39 is 15.9 Å². The van der Waals surface area contributed by atoms with Crippen LogP contribution in [0.5, 0.6) is 5.75 Å². The van der Waals surface area contributed by atoms with E-state index in [2.05, 4.69) is 5.32 Å². The molecule has 5 nitrogen and oxygen atoms in total. The zero-order valence-electron chi connectivity index (χ0n) is 15.7. The first-order valence-electron chi connectivity index (χ1n) is 8.42. The molecule has 0 aliphatic heterocycles. The van der Waals surface area contributed by atoms with Gasteiger partial charge in [0.25, 0.3) is 5.91 Å². The van der Waals surface area contributed by atoms with E-state index in [1.165, 1.54) is 6.26 Å². The molecule has 0 radical (unpaired) electrons. The van der Waals surface area contributed by atoms with Crippen LogP contribution in [0.3, 0.4) is 0 Å². The Morgan fingerprint density at radius 3 is 2.19 bits per heavy atom. The molecule has 2 aromatic rings. The van der Waals surface area contributed by atoms with Gasteiger partial charge in [0.15, 0.2) is 15.9 Å². The lowest BCUT2D eigenvalue weighted by atomic mass is 10.1. The third-order valence-corrected chi connectivity index (χ3v) is 5.30. The van der Waals surface area contributed by atoms with Gasteiger partial charge in [-0.3, -0.25) is 4.79 Å². The van der Waals surface area contributed by atoms with Crippen LogP contribution in [0.2, 0.25) is 0 Å². The number of benzene rings is 2.